The number of carbonyl (C=O) groups excluding carboxylic acids is 1. The van der Waals surface area contributed by atoms with E-state index in [2.05, 4.69) is 11.1 Å². The van der Waals surface area contributed by atoms with Gasteiger partial charge in [-0.15, -0.1) is 0 Å². The van der Waals surface area contributed by atoms with E-state index in [-0.39, 0.29) is 17.3 Å². The summed E-state index contributed by atoms with van der Waals surface area (Å²) in [6.07, 6.45) is 13.2. The zero-order valence-electron chi connectivity index (χ0n) is 19.2. The number of ether oxygens (including phenoxy) is 2. The van der Waals surface area contributed by atoms with E-state index in [0.717, 1.165) is 62.6 Å². The van der Waals surface area contributed by atoms with Gasteiger partial charge < -0.3 is 13.9 Å². The molecule has 2 aliphatic heterocycles. The third kappa shape index (κ3) is 4.51. The molecule has 34 heavy (non-hydrogen) atoms. The first-order chi connectivity index (χ1) is 16.5. The Morgan fingerprint density at radius 2 is 1.53 bits per heavy atom. The number of benzene rings is 1. The van der Waals surface area contributed by atoms with E-state index in [9.17, 15) is 13.2 Å². The number of sulfonamides is 1. The molecule has 4 aliphatic rings. The van der Waals surface area contributed by atoms with Crippen LogP contribution < -0.4 is 5.14 Å². The Hall–Kier alpha value is -2.29. The minimum Gasteiger partial charge on any atom is -0.451 e. The Balaban J connectivity index is 0.000000145. The molecule has 182 valence electrons. The summed E-state index contributed by atoms with van der Waals surface area (Å²) >= 11 is 0. The molecule has 1 aromatic carbocycles. The van der Waals surface area contributed by atoms with Gasteiger partial charge in [0.15, 0.2) is 0 Å². The largest absolute Gasteiger partial charge is 0.451 e. The first kappa shape index (κ1) is 23.5. The molecule has 0 radical (unpaired) electrons. The van der Waals surface area contributed by atoms with Crippen molar-refractivity contribution in [3.8, 4) is 0 Å². The maximum absolute atomic E-state index is 11.6. The monoisotopic (exact) mass is 486 g/mol. The molecule has 0 spiro atoms. The fourth-order valence-electron chi connectivity index (χ4n) is 5.74. The number of isocyanates is 1. The lowest BCUT2D eigenvalue weighted by molar-refractivity contribution is 0.0931. The predicted octanol–water partition coefficient (Wildman–Crippen LogP) is 4.26. The Kier molecular flexibility index (Phi) is 6.73. The fraction of sp³-hybridized carbons (Fsp3) is 0.560. The summed E-state index contributed by atoms with van der Waals surface area (Å²) in [5.41, 5.74) is 7.78. The highest BCUT2D eigenvalue weighted by Crippen LogP contribution is 2.42. The van der Waals surface area contributed by atoms with Crippen molar-refractivity contribution >= 4 is 21.8 Å². The number of hydrogen-bond acceptors (Lipinski definition) is 7. The van der Waals surface area contributed by atoms with Gasteiger partial charge in [-0.05, 0) is 86.5 Å². The number of furan rings is 1. The number of primary sulfonamides is 1. The molecule has 2 aliphatic carbocycles. The van der Waals surface area contributed by atoms with Gasteiger partial charge in [-0.1, -0.05) is 6.07 Å². The topological polar surface area (TPSA) is 121 Å². The number of rotatable bonds is 4. The molecule has 0 amide bonds. The number of nitrogens with zero attached hydrogens (tertiary/aromatic N) is 1. The molecule has 2 atom stereocenters. The van der Waals surface area contributed by atoms with Gasteiger partial charge in [-0.25, -0.2) is 18.4 Å². The zero-order valence-corrected chi connectivity index (χ0v) is 20.0. The summed E-state index contributed by atoms with van der Waals surface area (Å²) in [4.78, 5) is 14.4. The van der Waals surface area contributed by atoms with E-state index in [4.69, 9.17) is 19.0 Å². The van der Waals surface area contributed by atoms with Crippen LogP contribution >= 0.6 is 0 Å². The van der Waals surface area contributed by atoms with E-state index >= 15 is 0 Å². The van der Waals surface area contributed by atoms with Crippen molar-refractivity contribution in [3.63, 3.8) is 0 Å². The second-order valence-electron chi connectivity index (χ2n) is 9.35. The highest BCUT2D eigenvalue weighted by atomic mass is 32.2. The standard InChI is InChI=1S/C13H13NO.C12H17NO5S/c15-8-14-13-11-5-1-3-9(11)7-10-4-2-6-12(10)13;13-19(14,15)12-11(10-4-2-6-17-10)8(7-18-12)9-3-1-5-16-9/h7H,1-6H2;7,9-10H,1-6H2,(H2,13,14,15). The molecule has 0 saturated carbocycles. The van der Waals surface area contributed by atoms with Crippen molar-refractivity contribution in [2.75, 3.05) is 13.2 Å². The molecule has 2 aromatic rings. The van der Waals surface area contributed by atoms with Gasteiger partial charge in [-0.3, -0.25) is 0 Å². The number of aryl methyl sites for hydroxylation is 2. The minimum atomic E-state index is -3.88. The average molecular weight is 487 g/mol. The van der Waals surface area contributed by atoms with Crippen LogP contribution in [0.4, 0.5) is 5.69 Å². The molecule has 2 fully saturated rings. The predicted molar refractivity (Wildman–Crippen MR) is 124 cm³/mol. The number of fused-ring (bicyclic) bond motifs is 2. The molecule has 2 N–H and O–H groups in total. The molecule has 2 unspecified atom stereocenters. The summed E-state index contributed by atoms with van der Waals surface area (Å²) in [7, 11) is -3.88. The molecular formula is C25H30N2O6S. The smallest absolute Gasteiger partial charge is 0.271 e. The second kappa shape index (κ2) is 9.76. The van der Waals surface area contributed by atoms with E-state index in [1.807, 2.05) is 0 Å². The molecule has 9 heteroatoms. The van der Waals surface area contributed by atoms with Crippen molar-refractivity contribution in [3.05, 3.63) is 45.7 Å². The molecule has 3 heterocycles. The second-order valence-corrected chi connectivity index (χ2v) is 10.8. The van der Waals surface area contributed by atoms with Crippen molar-refractivity contribution in [2.24, 2.45) is 10.1 Å². The maximum atomic E-state index is 11.6. The van der Waals surface area contributed by atoms with Gasteiger partial charge in [-0.2, -0.15) is 4.99 Å². The Labute approximate surface area is 199 Å². The molecular weight excluding hydrogens is 456 g/mol. The summed E-state index contributed by atoms with van der Waals surface area (Å²) < 4.78 is 39.7. The van der Waals surface area contributed by atoms with Crippen molar-refractivity contribution in [1.82, 2.24) is 0 Å². The third-order valence-corrected chi connectivity index (χ3v) is 8.04. The maximum Gasteiger partial charge on any atom is 0.271 e. The molecule has 6 rings (SSSR count). The van der Waals surface area contributed by atoms with Gasteiger partial charge >= 0.3 is 0 Å². The summed E-state index contributed by atoms with van der Waals surface area (Å²) in [6.45, 7) is 1.32. The fourth-order valence-corrected chi connectivity index (χ4v) is 6.48. The number of nitrogens with two attached hydrogens (primary N) is 1. The van der Waals surface area contributed by atoms with E-state index in [1.165, 1.54) is 41.4 Å². The van der Waals surface area contributed by atoms with Crippen LogP contribution in [0.5, 0.6) is 0 Å². The molecule has 1 aromatic heterocycles. The Bertz CT molecular complexity index is 1180. The Morgan fingerprint density at radius 3 is 2.06 bits per heavy atom. The van der Waals surface area contributed by atoms with Crippen LogP contribution in [0.15, 0.2) is 26.8 Å². The van der Waals surface area contributed by atoms with Gasteiger partial charge in [0.2, 0.25) is 11.2 Å². The molecule has 8 nitrogen and oxygen atoms in total. The van der Waals surface area contributed by atoms with Crippen molar-refractivity contribution in [1.29, 1.82) is 0 Å². The van der Waals surface area contributed by atoms with Gasteiger partial charge in [0.25, 0.3) is 10.0 Å². The lowest BCUT2D eigenvalue weighted by atomic mass is 9.99. The van der Waals surface area contributed by atoms with Crippen molar-refractivity contribution in [2.45, 2.75) is 81.5 Å². The summed E-state index contributed by atoms with van der Waals surface area (Å²) in [6, 6.07) is 2.34. The molecule has 2 saturated heterocycles. The van der Waals surface area contributed by atoms with Crippen LogP contribution in [-0.2, 0) is 50.0 Å². The van der Waals surface area contributed by atoms with Gasteiger partial charge in [0.05, 0.1) is 24.2 Å². The SMILES string of the molecule is NS(=O)(=O)c1occ(C2CCCO2)c1C1CCCO1.O=C=Nc1c2c(cc3c1CCC3)CCC2. The average Bonchev–Trinajstić information content (AvgIpc) is 3.62. The van der Waals surface area contributed by atoms with E-state index < -0.39 is 10.0 Å². The lowest BCUT2D eigenvalue weighted by Gasteiger charge is -2.15. The quantitative estimate of drug-likeness (QED) is 0.509. The highest BCUT2D eigenvalue weighted by Gasteiger charge is 2.35. The first-order valence-electron chi connectivity index (χ1n) is 12.1. The summed E-state index contributed by atoms with van der Waals surface area (Å²) in [5, 5.41) is 5.04. The van der Waals surface area contributed by atoms with E-state index in [1.54, 1.807) is 6.08 Å². The van der Waals surface area contributed by atoms with Gasteiger partial charge in [0, 0.05) is 24.3 Å². The molecule has 0 bridgehead atoms. The number of aliphatic imine (C=N–C) groups is 1. The first-order valence-corrected chi connectivity index (χ1v) is 13.6. The van der Waals surface area contributed by atoms with Crippen LogP contribution in [0, 0.1) is 0 Å². The van der Waals surface area contributed by atoms with Crippen LogP contribution in [0.3, 0.4) is 0 Å². The van der Waals surface area contributed by atoms with Crippen LogP contribution in [0.2, 0.25) is 0 Å². The minimum absolute atomic E-state index is 0.113. The Morgan fingerprint density at radius 1 is 0.912 bits per heavy atom. The van der Waals surface area contributed by atoms with E-state index in [0.29, 0.717) is 18.8 Å². The van der Waals surface area contributed by atoms with Crippen LogP contribution in [-0.4, -0.2) is 27.7 Å². The highest BCUT2D eigenvalue weighted by molar-refractivity contribution is 7.89. The lowest BCUT2D eigenvalue weighted by Crippen LogP contribution is -2.15. The van der Waals surface area contributed by atoms with Crippen molar-refractivity contribution < 1.29 is 27.1 Å². The number of hydrogen-bond donors (Lipinski definition) is 1. The zero-order chi connectivity index (χ0) is 23.7. The summed E-state index contributed by atoms with van der Waals surface area (Å²) in [5.74, 6) is 0. The van der Waals surface area contributed by atoms with Crippen LogP contribution in [0.1, 0.15) is 84.1 Å². The van der Waals surface area contributed by atoms with Crippen LogP contribution in [0.25, 0.3) is 0 Å². The third-order valence-electron chi connectivity index (χ3n) is 7.21. The van der Waals surface area contributed by atoms with Gasteiger partial charge in [0.1, 0.15) is 0 Å². The normalized spacial score (nSPS) is 23.2.